The molecule has 3 aromatic rings. The van der Waals surface area contributed by atoms with Crippen LogP contribution in [0.5, 0.6) is 0 Å². The summed E-state index contributed by atoms with van der Waals surface area (Å²) in [5.41, 5.74) is 0.668. The molecule has 0 spiro atoms. The number of hydrogen-bond acceptors (Lipinski definition) is 8. The standard InChI is InChI=1S/C18H19N3O6S2.K/c1-21(13-6-3-2-4-7-13)16-10-15(20-12-14-8-5-9-27-14)17(29(24,25)26)11-18(16)28(19,22)23;/h2-11,20H,12H2,1H3,(H2,19,22,23)(H,24,25,26);/q;+1/p-1. The predicted octanol–water partition coefficient (Wildman–Crippen LogP) is -0.785. The van der Waals surface area contributed by atoms with Gasteiger partial charge in [0, 0.05) is 12.7 Å². The van der Waals surface area contributed by atoms with E-state index in [4.69, 9.17) is 9.56 Å². The molecule has 0 aliphatic carbocycles. The minimum atomic E-state index is -5.00. The molecule has 2 aromatic carbocycles. The number of sulfonamides is 1. The third-order valence-electron chi connectivity index (χ3n) is 4.18. The number of para-hydroxylation sites is 1. The van der Waals surface area contributed by atoms with E-state index in [2.05, 4.69) is 5.32 Å². The number of anilines is 3. The van der Waals surface area contributed by atoms with Gasteiger partial charge in [0.2, 0.25) is 10.0 Å². The summed E-state index contributed by atoms with van der Waals surface area (Å²) in [5.74, 6) is 0.493. The molecule has 3 rings (SSSR count). The third kappa shape index (κ3) is 5.93. The number of nitrogens with zero attached hydrogens (tertiary/aromatic N) is 1. The second-order valence-electron chi connectivity index (χ2n) is 6.14. The Morgan fingerprint density at radius 2 is 1.70 bits per heavy atom. The normalized spacial score (nSPS) is 11.6. The molecule has 1 heterocycles. The van der Waals surface area contributed by atoms with Gasteiger partial charge in [0.05, 0.1) is 29.1 Å². The van der Waals surface area contributed by atoms with E-state index in [0.717, 1.165) is 6.07 Å². The topological polar surface area (TPSA) is 146 Å². The van der Waals surface area contributed by atoms with E-state index in [1.807, 2.05) is 0 Å². The van der Waals surface area contributed by atoms with Crippen LogP contribution in [0.1, 0.15) is 5.76 Å². The van der Waals surface area contributed by atoms with Gasteiger partial charge in [0.15, 0.2) is 0 Å². The molecule has 12 heteroatoms. The first kappa shape index (κ1) is 25.0. The van der Waals surface area contributed by atoms with Gasteiger partial charge in [-0.1, -0.05) is 18.2 Å². The van der Waals surface area contributed by atoms with E-state index < -0.39 is 29.9 Å². The van der Waals surface area contributed by atoms with Crippen molar-refractivity contribution in [1.82, 2.24) is 0 Å². The third-order valence-corrected chi connectivity index (χ3v) is 5.99. The van der Waals surface area contributed by atoms with Crippen molar-refractivity contribution < 1.29 is 77.2 Å². The van der Waals surface area contributed by atoms with Gasteiger partial charge < -0.3 is 19.2 Å². The molecule has 0 aliphatic heterocycles. The summed E-state index contributed by atoms with van der Waals surface area (Å²) in [6.07, 6.45) is 1.45. The number of nitrogens with two attached hydrogens (primary N) is 1. The Bertz CT molecular complexity index is 1210. The average Bonchev–Trinajstić information content (AvgIpc) is 3.18. The van der Waals surface area contributed by atoms with Crippen molar-refractivity contribution in [2.24, 2.45) is 5.14 Å². The molecular weight excluding hydrogens is 457 g/mol. The molecule has 0 fully saturated rings. The van der Waals surface area contributed by atoms with E-state index in [-0.39, 0.29) is 69.3 Å². The number of rotatable bonds is 7. The van der Waals surface area contributed by atoms with Crippen molar-refractivity contribution in [3.8, 4) is 0 Å². The van der Waals surface area contributed by atoms with Gasteiger partial charge in [0.25, 0.3) is 0 Å². The van der Waals surface area contributed by atoms with Crippen LogP contribution in [0.25, 0.3) is 0 Å². The maximum Gasteiger partial charge on any atom is 1.00 e. The number of primary sulfonamides is 1. The molecule has 0 bridgehead atoms. The van der Waals surface area contributed by atoms with Gasteiger partial charge >= 0.3 is 51.4 Å². The van der Waals surface area contributed by atoms with Crippen molar-refractivity contribution in [3.63, 3.8) is 0 Å². The summed E-state index contributed by atoms with van der Waals surface area (Å²) in [6.45, 7) is 0.0821. The number of benzene rings is 2. The molecule has 0 saturated heterocycles. The molecule has 0 radical (unpaired) electrons. The number of furan rings is 1. The molecule has 0 aliphatic rings. The van der Waals surface area contributed by atoms with Crippen LogP contribution in [0, 0.1) is 0 Å². The van der Waals surface area contributed by atoms with E-state index in [9.17, 15) is 21.4 Å². The maximum atomic E-state index is 12.1. The summed E-state index contributed by atoms with van der Waals surface area (Å²) in [4.78, 5) is 0.319. The predicted molar refractivity (Wildman–Crippen MR) is 106 cm³/mol. The minimum Gasteiger partial charge on any atom is -0.744 e. The molecule has 154 valence electrons. The Hall–Kier alpha value is -1.22. The second-order valence-corrected chi connectivity index (χ2v) is 9.02. The van der Waals surface area contributed by atoms with Crippen LogP contribution < -0.4 is 66.7 Å². The van der Waals surface area contributed by atoms with Gasteiger partial charge in [-0.25, -0.2) is 22.0 Å². The van der Waals surface area contributed by atoms with Crippen LogP contribution in [-0.4, -0.2) is 28.4 Å². The summed E-state index contributed by atoms with van der Waals surface area (Å²) < 4.78 is 64.8. The molecule has 0 atom stereocenters. The Morgan fingerprint density at radius 3 is 2.23 bits per heavy atom. The zero-order chi connectivity index (χ0) is 21.2. The van der Waals surface area contributed by atoms with Gasteiger partial charge in [-0.05, 0) is 36.4 Å². The van der Waals surface area contributed by atoms with Crippen LogP contribution >= 0.6 is 0 Å². The van der Waals surface area contributed by atoms with Gasteiger partial charge in [-0.3, -0.25) is 0 Å². The first-order chi connectivity index (χ1) is 13.6. The number of nitrogens with one attached hydrogen (secondary N) is 1. The van der Waals surface area contributed by atoms with Crippen LogP contribution in [-0.2, 0) is 26.7 Å². The van der Waals surface area contributed by atoms with Gasteiger partial charge in [-0.2, -0.15) is 0 Å². The van der Waals surface area contributed by atoms with Gasteiger partial charge in [-0.15, -0.1) is 0 Å². The fraction of sp³-hybridized carbons (Fsp3) is 0.111. The van der Waals surface area contributed by atoms with Crippen molar-refractivity contribution in [3.05, 3.63) is 66.6 Å². The average molecular weight is 476 g/mol. The van der Waals surface area contributed by atoms with Gasteiger partial charge in [0.1, 0.15) is 20.8 Å². The Balaban J connectivity index is 0.00000320. The molecule has 30 heavy (non-hydrogen) atoms. The summed E-state index contributed by atoms with van der Waals surface area (Å²) >= 11 is 0. The first-order valence-corrected chi connectivity index (χ1v) is 11.2. The van der Waals surface area contributed by atoms with Crippen molar-refractivity contribution in [1.29, 1.82) is 0 Å². The Labute approximate surface area is 217 Å². The molecule has 1 aromatic heterocycles. The second kappa shape index (κ2) is 9.93. The Kier molecular flexibility index (Phi) is 8.29. The molecule has 3 N–H and O–H groups in total. The molecule has 0 saturated carbocycles. The summed E-state index contributed by atoms with van der Waals surface area (Å²) in [5, 5.41) is 8.11. The van der Waals surface area contributed by atoms with E-state index in [1.54, 1.807) is 49.5 Å². The zero-order valence-electron chi connectivity index (χ0n) is 16.3. The smallest absolute Gasteiger partial charge is 0.744 e. The quantitative estimate of drug-likeness (QED) is 0.334. The van der Waals surface area contributed by atoms with Crippen molar-refractivity contribution in [2.75, 3.05) is 17.3 Å². The van der Waals surface area contributed by atoms with Crippen LogP contribution in [0.4, 0.5) is 17.1 Å². The zero-order valence-corrected chi connectivity index (χ0v) is 21.0. The summed E-state index contributed by atoms with van der Waals surface area (Å²) in [7, 11) is -7.73. The fourth-order valence-corrected chi connectivity index (χ4v) is 4.28. The molecular formula is C18H18KN3O6S2. The van der Waals surface area contributed by atoms with Crippen LogP contribution in [0.2, 0.25) is 0 Å². The minimum absolute atomic E-state index is 0. The Morgan fingerprint density at radius 1 is 1.03 bits per heavy atom. The first-order valence-electron chi connectivity index (χ1n) is 8.29. The van der Waals surface area contributed by atoms with Crippen molar-refractivity contribution >= 4 is 37.2 Å². The fourth-order valence-electron chi connectivity index (χ4n) is 2.77. The molecule has 9 nitrogen and oxygen atoms in total. The largest absolute Gasteiger partial charge is 1.00 e. The number of hydrogen-bond donors (Lipinski definition) is 2. The maximum absolute atomic E-state index is 12.1. The summed E-state index contributed by atoms with van der Waals surface area (Å²) in [6, 6.07) is 14.1. The van der Waals surface area contributed by atoms with Crippen LogP contribution in [0.3, 0.4) is 0 Å². The molecule has 0 unspecified atom stereocenters. The molecule has 0 amide bonds. The monoisotopic (exact) mass is 475 g/mol. The van der Waals surface area contributed by atoms with Crippen molar-refractivity contribution in [2.45, 2.75) is 16.3 Å². The SMILES string of the molecule is CN(c1ccccc1)c1cc(NCc2ccco2)c(S(=O)(=O)[O-])cc1S(N)(=O)=O.[K+]. The van der Waals surface area contributed by atoms with E-state index in [0.29, 0.717) is 11.4 Å². The van der Waals surface area contributed by atoms with E-state index in [1.165, 1.54) is 17.2 Å². The van der Waals surface area contributed by atoms with Crippen LogP contribution in [0.15, 0.2) is 75.1 Å². The van der Waals surface area contributed by atoms with E-state index >= 15 is 0 Å².